The van der Waals surface area contributed by atoms with Crippen LogP contribution in [-0.2, 0) is 0 Å². The maximum atomic E-state index is 13.2. The molecule has 0 atom stereocenters. The molecule has 18 heavy (non-hydrogen) atoms. The summed E-state index contributed by atoms with van der Waals surface area (Å²) in [5, 5.41) is 3.19. The summed E-state index contributed by atoms with van der Waals surface area (Å²) >= 11 is 1.65. The molecule has 86 valence electrons. The topological polar surface area (TPSA) is 12.9 Å². The van der Waals surface area contributed by atoms with E-state index in [-0.39, 0.29) is 5.82 Å². The molecule has 2 aromatic rings. The molecule has 0 saturated heterocycles. The smallest absolute Gasteiger partial charge is 0.125 e. The summed E-state index contributed by atoms with van der Waals surface area (Å²) in [4.78, 5) is 4.50. The van der Waals surface area contributed by atoms with Crippen LogP contribution in [-0.4, -0.2) is 4.98 Å². The van der Waals surface area contributed by atoms with Crippen LogP contribution in [0.5, 0.6) is 0 Å². The number of aromatic nitrogens is 1. The summed E-state index contributed by atoms with van der Waals surface area (Å²) in [5.74, 6) is -0.236. The largest absolute Gasteiger partial charge is 0.237 e. The summed E-state index contributed by atoms with van der Waals surface area (Å²) in [6, 6.07) is 15.1. The van der Waals surface area contributed by atoms with E-state index in [4.69, 9.17) is 0 Å². The lowest BCUT2D eigenvalue weighted by Gasteiger charge is -2.01. The van der Waals surface area contributed by atoms with Gasteiger partial charge in [0, 0.05) is 21.7 Å². The van der Waals surface area contributed by atoms with Gasteiger partial charge in [-0.05, 0) is 29.7 Å². The van der Waals surface area contributed by atoms with E-state index < -0.39 is 0 Å². The SMILES string of the molecule is Fc1ccc2c3cc4ccccc4sc-3nc2c1. The first-order valence-corrected chi connectivity index (χ1v) is 6.50. The standard InChI is InChI=1S/C15H8FNS/c16-10-5-6-11-12-7-9-3-1-2-4-14(9)18-15(12)17-13(11)8-10/h1-8H. The van der Waals surface area contributed by atoms with Gasteiger partial charge in [-0.25, -0.2) is 9.37 Å². The molecule has 2 aromatic carbocycles. The van der Waals surface area contributed by atoms with Crippen LogP contribution in [0.15, 0.2) is 48.5 Å². The van der Waals surface area contributed by atoms with Crippen LogP contribution in [0.1, 0.15) is 0 Å². The van der Waals surface area contributed by atoms with E-state index in [0.717, 1.165) is 21.5 Å². The van der Waals surface area contributed by atoms with Gasteiger partial charge in [-0.3, -0.25) is 0 Å². The third-order valence-electron chi connectivity index (χ3n) is 3.13. The molecule has 0 radical (unpaired) electrons. The van der Waals surface area contributed by atoms with Crippen LogP contribution in [0.3, 0.4) is 0 Å². The van der Waals surface area contributed by atoms with Gasteiger partial charge in [0.25, 0.3) is 0 Å². The molecule has 0 unspecified atom stereocenters. The molecule has 3 heteroatoms. The van der Waals surface area contributed by atoms with Crippen LogP contribution in [0.2, 0.25) is 0 Å². The van der Waals surface area contributed by atoms with Gasteiger partial charge < -0.3 is 0 Å². The number of hydrogen-bond acceptors (Lipinski definition) is 2. The zero-order valence-electron chi connectivity index (χ0n) is 9.35. The molecule has 0 saturated carbocycles. The average molecular weight is 253 g/mol. The van der Waals surface area contributed by atoms with Crippen LogP contribution >= 0.6 is 11.3 Å². The fraction of sp³-hybridized carbons (Fsp3) is 0. The molecule has 0 aliphatic carbocycles. The van der Waals surface area contributed by atoms with Crippen LogP contribution in [0.25, 0.3) is 31.6 Å². The van der Waals surface area contributed by atoms with Crippen molar-refractivity contribution in [3.63, 3.8) is 0 Å². The highest BCUT2D eigenvalue weighted by atomic mass is 32.1. The highest BCUT2D eigenvalue weighted by Gasteiger charge is 2.13. The predicted molar refractivity (Wildman–Crippen MR) is 73.7 cm³/mol. The monoisotopic (exact) mass is 253 g/mol. The maximum Gasteiger partial charge on any atom is 0.125 e. The molecule has 0 fully saturated rings. The van der Waals surface area contributed by atoms with Gasteiger partial charge in [0.15, 0.2) is 0 Å². The Bertz CT molecular complexity index is 850. The highest BCUT2D eigenvalue weighted by molar-refractivity contribution is 7.21. The number of benzene rings is 2. The van der Waals surface area contributed by atoms with Crippen LogP contribution in [0, 0.1) is 5.82 Å². The van der Waals surface area contributed by atoms with Crippen molar-refractivity contribution in [1.82, 2.24) is 4.98 Å². The van der Waals surface area contributed by atoms with Crippen molar-refractivity contribution in [2.75, 3.05) is 0 Å². The summed E-state index contributed by atoms with van der Waals surface area (Å²) in [6.07, 6.45) is 0. The number of rotatable bonds is 0. The van der Waals surface area contributed by atoms with Crippen molar-refractivity contribution in [3.8, 4) is 10.6 Å². The van der Waals surface area contributed by atoms with E-state index in [2.05, 4.69) is 23.2 Å². The molecule has 0 bridgehead atoms. The van der Waals surface area contributed by atoms with Gasteiger partial charge >= 0.3 is 0 Å². The Balaban J connectivity index is 2.20. The first-order valence-electron chi connectivity index (χ1n) is 5.69. The molecule has 4 rings (SSSR count). The van der Waals surface area contributed by atoms with Gasteiger partial charge in [-0.15, -0.1) is 11.3 Å². The van der Waals surface area contributed by atoms with Gasteiger partial charge in [-0.1, -0.05) is 18.2 Å². The molecule has 1 nitrogen and oxygen atoms in total. The molecule has 0 spiro atoms. The van der Waals surface area contributed by atoms with Crippen LogP contribution in [0.4, 0.5) is 4.39 Å². The Morgan fingerprint density at radius 3 is 2.83 bits per heavy atom. The second-order valence-corrected chi connectivity index (χ2v) is 5.31. The minimum Gasteiger partial charge on any atom is -0.237 e. The lowest BCUT2D eigenvalue weighted by Crippen LogP contribution is -1.75. The lowest BCUT2D eigenvalue weighted by molar-refractivity contribution is 0.629. The Kier molecular flexibility index (Phi) is 1.94. The van der Waals surface area contributed by atoms with E-state index in [9.17, 15) is 4.39 Å². The zero-order chi connectivity index (χ0) is 12.1. The van der Waals surface area contributed by atoms with Crippen molar-refractivity contribution in [1.29, 1.82) is 0 Å². The minimum atomic E-state index is -0.236. The van der Waals surface area contributed by atoms with E-state index in [1.54, 1.807) is 11.3 Å². The lowest BCUT2D eigenvalue weighted by atomic mass is 10.1. The van der Waals surface area contributed by atoms with E-state index in [1.807, 2.05) is 18.2 Å². The molecule has 2 aliphatic rings. The van der Waals surface area contributed by atoms with Crippen molar-refractivity contribution >= 4 is 32.3 Å². The summed E-state index contributed by atoms with van der Waals surface area (Å²) < 4.78 is 14.4. The Morgan fingerprint density at radius 2 is 1.89 bits per heavy atom. The molecule has 2 aliphatic heterocycles. The van der Waals surface area contributed by atoms with E-state index in [1.165, 1.54) is 22.2 Å². The fourth-order valence-electron chi connectivity index (χ4n) is 2.28. The second kappa shape index (κ2) is 3.50. The molecular formula is C15H8FNS. The van der Waals surface area contributed by atoms with Gasteiger partial charge in [0.1, 0.15) is 10.8 Å². The number of fused-ring (bicyclic) bond motifs is 4. The molecule has 0 amide bonds. The van der Waals surface area contributed by atoms with Crippen molar-refractivity contribution in [3.05, 3.63) is 54.3 Å². The van der Waals surface area contributed by atoms with E-state index in [0.29, 0.717) is 0 Å². The normalized spacial score (nSPS) is 11.6. The Labute approximate surface area is 107 Å². The molecular weight excluding hydrogens is 245 g/mol. The fourth-order valence-corrected chi connectivity index (χ4v) is 3.30. The third-order valence-corrected chi connectivity index (χ3v) is 4.22. The molecule has 0 N–H and O–H groups in total. The average Bonchev–Trinajstić information content (AvgIpc) is 2.72. The van der Waals surface area contributed by atoms with Gasteiger partial charge in [-0.2, -0.15) is 0 Å². The highest BCUT2D eigenvalue weighted by Crippen LogP contribution is 2.38. The first kappa shape index (κ1) is 9.97. The summed E-state index contributed by atoms with van der Waals surface area (Å²) in [5.41, 5.74) is 1.84. The van der Waals surface area contributed by atoms with Gasteiger partial charge in [0.2, 0.25) is 0 Å². The maximum absolute atomic E-state index is 13.2. The first-order chi connectivity index (χ1) is 8.81. The molecule has 2 heterocycles. The quantitative estimate of drug-likeness (QED) is 0.443. The molecule has 0 aromatic heterocycles. The van der Waals surface area contributed by atoms with Crippen molar-refractivity contribution < 1.29 is 4.39 Å². The second-order valence-electron chi connectivity index (χ2n) is 4.28. The number of hydrogen-bond donors (Lipinski definition) is 0. The number of nitrogens with zero attached hydrogens (tertiary/aromatic N) is 1. The summed E-state index contributed by atoms with van der Waals surface area (Å²) in [6.45, 7) is 0. The predicted octanol–water partition coefficient (Wildman–Crippen LogP) is 4.69. The van der Waals surface area contributed by atoms with E-state index >= 15 is 0 Å². The minimum absolute atomic E-state index is 0.236. The van der Waals surface area contributed by atoms with Gasteiger partial charge in [0.05, 0.1) is 5.52 Å². The number of halogens is 1. The Hall–Kier alpha value is -2.00. The zero-order valence-corrected chi connectivity index (χ0v) is 10.2. The van der Waals surface area contributed by atoms with Crippen LogP contribution < -0.4 is 0 Å². The Morgan fingerprint density at radius 1 is 1.00 bits per heavy atom. The van der Waals surface area contributed by atoms with Crippen molar-refractivity contribution in [2.24, 2.45) is 0 Å². The third kappa shape index (κ3) is 1.34. The summed E-state index contributed by atoms with van der Waals surface area (Å²) in [7, 11) is 0. The van der Waals surface area contributed by atoms with Crippen molar-refractivity contribution in [2.45, 2.75) is 0 Å².